The van der Waals surface area contributed by atoms with E-state index in [1.54, 1.807) is 19.9 Å². The number of carbonyl (C=O) groups is 1. The molecule has 2 aromatic rings. The van der Waals surface area contributed by atoms with Crippen LogP contribution in [0.1, 0.15) is 61.4 Å². The summed E-state index contributed by atoms with van der Waals surface area (Å²) >= 11 is 0. The zero-order valence-corrected chi connectivity index (χ0v) is 13.2. The molecule has 2 rings (SSSR count). The molecule has 0 aromatic carbocycles. The van der Waals surface area contributed by atoms with E-state index in [1.165, 1.54) is 0 Å². The third kappa shape index (κ3) is 3.54. The summed E-state index contributed by atoms with van der Waals surface area (Å²) in [6.45, 7) is 6.97. The number of aromatic amines is 1. The molecule has 6 nitrogen and oxygen atoms in total. The van der Waals surface area contributed by atoms with Crippen molar-refractivity contribution in [2.24, 2.45) is 0 Å². The van der Waals surface area contributed by atoms with Gasteiger partial charge in [0.2, 0.25) is 0 Å². The summed E-state index contributed by atoms with van der Waals surface area (Å²) in [5, 5.41) is 12.6. The van der Waals surface area contributed by atoms with Crippen LogP contribution in [0.3, 0.4) is 0 Å². The first-order chi connectivity index (χ1) is 10.6. The Hall–Kier alpha value is -2.32. The molecule has 2 N–H and O–H groups in total. The molecule has 0 bridgehead atoms. The van der Waals surface area contributed by atoms with Crippen molar-refractivity contribution in [3.63, 3.8) is 0 Å². The molecule has 0 fully saturated rings. The van der Waals surface area contributed by atoms with Gasteiger partial charge < -0.3 is 5.32 Å². The molecular formula is C14H18F3N5O. The first kappa shape index (κ1) is 17.0. The summed E-state index contributed by atoms with van der Waals surface area (Å²) in [6.07, 6.45) is -3.75. The number of carbonyl (C=O) groups excluding carboxylic acids is 1. The number of nitrogens with zero attached hydrogens (tertiary/aromatic N) is 3. The Morgan fingerprint density at radius 3 is 2.43 bits per heavy atom. The average Bonchev–Trinajstić information content (AvgIpc) is 3.03. The van der Waals surface area contributed by atoms with Crippen molar-refractivity contribution in [3.05, 3.63) is 29.2 Å². The summed E-state index contributed by atoms with van der Waals surface area (Å²) in [5.41, 5.74) is -0.820. The second-order valence-electron chi connectivity index (χ2n) is 5.76. The van der Waals surface area contributed by atoms with Gasteiger partial charge in [0, 0.05) is 17.8 Å². The second-order valence-corrected chi connectivity index (χ2v) is 5.76. The number of rotatable bonds is 4. The van der Waals surface area contributed by atoms with E-state index in [0.29, 0.717) is 0 Å². The number of aromatic nitrogens is 4. The molecule has 126 valence electrons. The number of anilines is 1. The predicted octanol–water partition coefficient (Wildman–Crippen LogP) is 3.58. The Labute approximate surface area is 131 Å². The van der Waals surface area contributed by atoms with Crippen molar-refractivity contribution in [2.75, 3.05) is 5.32 Å². The van der Waals surface area contributed by atoms with Crippen molar-refractivity contribution in [1.29, 1.82) is 0 Å². The Balaban J connectivity index is 2.32. The molecule has 1 amide bonds. The number of halogens is 3. The van der Waals surface area contributed by atoms with Crippen LogP contribution in [0.5, 0.6) is 0 Å². The monoisotopic (exact) mass is 329 g/mol. The molecule has 23 heavy (non-hydrogen) atoms. The van der Waals surface area contributed by atoms with Gasteiger partial charge in [0.05, 0.1) is 11.8 Å². The van der Waals surface area contributed by atoms with Crippen molar-refractivity contribution in [1.82, 2.24) is 20.0 Å². The molecule has 0 radical (unpaired) electrons. The van der Waals surface area contributed by atoms with Gasteiger partial charge in [0.1, 0.15) is 0 Å². The van der Waals surface area contributed by atoms with Crippen molar-refractivity contribution >= 4 is 11.7 Å². The smallest absolute Gasteiger partial charge is 0.305 e. The number of hydrogen-bond acceptors (Lipinski definition) is 3. The molecule has 0 atom stereocenters. The zero-order chi connectivity index (χ0) is 17.4. The number of hydrogen-bond donors (Lipinski definition) is 2. The molecule has 0 unspecified atom stereocenters. The van der Waals surface area contributed by atoms with Gasteiger partial charge >= 0.3 is 6.18 Å². The summed E-state index contributed by atoms with van der Waals surface area (Å²) in [4.78, 5) is 12.2. The van der Waals surface area contributed by atoms with Crippen LogP contribution in [0.2, 0.25) is 0 Å². The predicted molar refractivity (Wildman–Crippen MR) is 78.2 cm³/mol. The third-order valence-electron chi connectivity index (χ3n) is 3.26. The normalized spacial score (nSPS) is 12.2. The molecule has 0 aliphatic heterocycles. The molecular weight excluding hydrogens is 311 g/mol. The maximum atomic E-state index is 13.2. The van der Waals surface area contributed by atoms with E-state index < -0.39 is 29.4 Å². The first-order valence-corrected chi connectivity index (χ1v) is 7.12. The molecule has 0 aliphatic rings. The lowest BCUT2D eigenvalue weighted by Crippen LogP contribution is -2.22. The van der Waals surface area contributed by atoms with Crippen LogP contribution in [0.25, 0.3) is 0 Å². The maximum absolute atomic E-state index is 13.2. The van der Waals surface area contributed by atoms with E-state index in [0.717, 1.165) is 16.6 Å². The van der Waals surface area contributed by atoms with E-state index in [-0.39, 0.29) is 11.7 Å². The minimum atomic E-state index is -4.68. The summed E-state index contributed by atoms with van der Waals surface area (Å²) in [5.74, 6) is -0.572. The van der Waals surface area contributed by atoms with Crippen LogP contribution in [-0.2, 0) is 6.18 Å². The summed E-state index contributed by atoms with van der Waals surface area (Å²) in [7, 11) is 0. The highest BCUT2D eigenvalue weighted by Gasteiger charge is 2.40. The van der Waals surface area contributed by atoms with Gasteiger partial charge in [-0.25, -0.2) is 0 Å². The van der Waals surface area contributed by atoms with E-state index in [4.69, 9.17) is 0 Å². The SMILES string of the molecule is CC(C)c1cc(NC(=O)c2cnn(C(C)C)c2C(F)(F)F)n[nH]1. The third-order valence-corrected chi connectivity index (χ3v) is 3.26. The standard InChI is InChI=1S/C14H18F3N5O/c1-7(2)10-5-11(21-20-10)19-13(23)9-6-18-22(8(3)4)12(9)14(15,16)17/h5-8H,1-4H3,(H2,19,20,21,23). The lowest BCUT2D eigenvalue weighted by atomic mass is 10.1. The van der Waals surface area contributed by atoms with Crippen molar-refractivity contribution in [3.8, 4) is 0 Å². The lowest BCUT2D eigenvalue weighted by molar-refractivity contribution is -0.145. The molecule has 2 aromatic heterocycles. The molecule has 9 heteroatoms. The zero-order valence-electron chi connectivity index (χ0n) is 13.2. The van der Waals surface area contributed by atoms with Gasteiger partial charge in [-0.1, -0.05) is 13.8 Å². The van der Waals surface area contributed by atoms with Crippen molar-refractivity contribution < 1.29 is 18.0 Å². The van der Waals surface area contributed by atoms with Crippen LogP contribution in [0.4, 0.5) is 19.0 Å². The van der Waals surface area contributed by atoms with Gasteiger partial charge in [0.15, 0.2) is 11.5 Å². The van der Waals surface area contributed by atoms with Crippen LogP contribution in [0.15, 0.2) is 12.3 Å². The highest BCUT2D eigenvalue weighted by atomic mass is 19.4. The molecule has 2 heterocycles. The van der Waals surface area contributed by atoms with Crippen LogP contribution >= 0.6 is 0 Å². The summed E-state index contributed by atoms with van der Waals surface area (Å²) < 4.78 is 40.5. The maximum Gasteiger partial charge on any atom is 0.433 e. The fourth-order valence-electron chi connectivity index (χ4n) is 2.08. The number of amides is 1. The fraction of sp³-hybridized carbons (Fsp3) is 0.500. The van der Waals surface area contributed by atoms with E-state index in [1.807, 2.05) is 13.8 Å². The minimum absolute atomic E-state index is 0.155. The quantitative estimate of drug-likeness (QED) is 0.900. The lowest BCUT2D eigenvalue weighted by Gasteiger charge is -2.14. The Morgan fingerprint density at radius 1 is 1.30 bits per heavy atom. The van der Waals surface area contributed by atoms with Gasteiger partial charge in [-0.3, -0.25) is 14.6 Å². The number of alkyl halides is 3. The Bertz CT molecular complexity index is 700. The number of H-pyrrole nitrogens is 1. The van der Waals surface area contributed by atoms with Crippen molar-refractivity contribution in [2.45, 2.75) is 45.8 Å². The van der Waals surface area contributed by atoms with E-state index in [2.05, 4.69) is 20.6 Å². The topological polar surface area (TPSA) is 75.6 Å². The first-order valence-electron chi connectivity index (χ1n) is 7.12. The fourth-order valence-corrected chi connectivity index (χ4v) is 2.08. The van der Waals surface area contributed by atoms with Gasteiger partial charge in [-0.2, -0.15) is 23.4 Å². The second kappa shape index (κ2) is 6.05. The Morgan fingerprint density at radius 2 is 1.96 bits per heavy atom. The highest BCUT2D eigenvalue weighted by Crippen LogP contribution is 2.33. The molecule has 0 spiro atoms. The largest absolute Gasteiger partial charge is 0.433 e. The van der Waals surface area contributed by atoms with Gasteiger partial charge in [-0.15, -0.1) is 0 Å². The van der Waals surface area contributed by atoms with Gasteiger partial charge in [0.25, 0.3) is 5.91 Å². The van der Waals surface area contributed by atoms with Crippen LogP contribution < -0.4 is 5.32 Å². The molecule has 0 saturated carbocycles. The highest BCUT2D eigenvalue weighted by molar-refractivity contribution is 6.04. The Kier molecular flexibility index (Phi) is 4.49. The van der Waals surface area contributed by atoms with E-state index >= 15 is 0 Å². The average molecular weight is 329 g/mol. The molecule has 0 saturated heterocycles. The van der Waals surface area contributed by atoms with Gasteiger partial charge in [-0.05, 0) is 19.8 Å². The summed E-state index contributed by atoms with van der Waals surface area (Å²) in [6, 6.07) is 1.06. The minimum Gasteiger partial charge on any atom is -0.305 e. The van der Waals surface area contributed by atoms with E-state index in [9.17, 15) is 18.0 Å². The number of nitrogens with one attached hydrogen (secondary N) is 2. The molecule has 0 aliphatic carbocycles. The van der Waals surface area contributed by atoms with Crippen LogP contribution in [-0.4, -0.2) is 25.9 Å². The van der Waals surface area contributed by atoms with Crippen LogP contribution in [0, 0.1) is 0 Å².